The van der Waals surface area contributed by atoms with Gasteiger partial charge < -0.3 is 0 Å². The van der Waals surface area contributed by atoms with Gasteiger partial charge in [-0.05, 0) is 36.0 Å². The molecule has 0 unspecified atom stereocenters. The van der Waals surface area contributed by atoms with Crippen LogP contribution in [0.15, 0.2) is 46.5 Å². The van der Waals surface area contributed by atoms with Crippen molar-refractivity contribution >= 4 is 32.5 Å². The highest BCUT2D eigenvalue weighted by Gasteiger charge is 2.20. The maximum Gasteiger partial charge on any atom is 0.328 e. The molecule has 1 aliphatic heterocycles. The van der Waals surface area contributed by atoms with E-state index in [1.54, 1.807) is 18.4 Å². The molecule has 0 radical (unpaired) electrons. The van der Waals surface area contributed by atoms with E-state index in [0.29, 0.717) is 22.6 Å². The largest absolute Gasteiger partial charge is 0.328 e. The molecule has 23 heavy (non-hydrogen) atoms. The molecule has 0 spiro atoms. The van der Waals surface area contributed by atoms with Crippen LogP contribution in [0.5, 0.6) is 0 Å². The summed E-state index contributed by atoms with van der Waals surface area (Å²) in [5.41, 5.74) is 2.76. The summed E-state index contributed by atoms with van der Waals surface area (Å²) >= 11 is 1.22. The highest BCUT2D eigenvalue weighted by Crippen LogP contribution is 2.32. The summed E-state index contributed by atoms with van der Waals surface area (Å²) in [5.74, 6) is -0.0934. The number of allylic oxidation sites excluding steroid dienone is 2. The summed E-state index contributed by atoms with van der Waals surface area (Å²) in [4.78, 5) is 0. The Kier molecular flexibility index (Phi) is 5.64. The number of thioether (sulfide) groups is 1. The van der Waals surface area contributed by atoms with E-state index in [1.165, 1.54) is 11.8 Å². The minimum Gasteiger partial charge on any atom is -0.267 e. The molecule has 1 aromatic rings. The van der Waals surface area contributed by atoms with Gasteiger partial charge in [0.05, 0.1) is 11.3 Å². The molecule has 0 atom stereocenters. The van der Waals surface area contributed by atoms with E-state index >= 15 is 0 Å². The molecule has 1 heterocycles. The highest BCUT2D eigenvalue weighted by molar-refractivity contribution is 8.17. The Morgan fingerprint density at radius 1 is 1.39 bits per heavy atom. The first-order valence-corrected chi connectivity index (χ1v) is 9.47. The Hall–Kier alpha value is -2.04. The van der Waals surface area contributed by atoms with E-state index in [0.717, 1.165) is 11.1 Å². The monoisotopic (exact) mass is 348 g/mol. The summed E-state index contributed by atoms with van der Waals surface area (Å²) in [5, 5.41) is 15.4. The van der Waals surface area contributed by atoms with Gasteiger partial charge in [-0.1, -0.05) is 48.1 Å². The lowest BCUT2D eigenvalue weighted by Crippen LogP contribution is -2.08. The molecule has 2 rings (SSSR count). The first kappa shape index (κ1) is 17.3. The van der Waals surface area contributed by atoms with Gasteiger partial charge in [0.25, 0.3) is 0 Å². The van der Waals surface area contributed by atoms with Crippen LogP contribution in [0, 0.1) is 18.3 Å². The third-order valence-electron chi connectivity index (χ3n) is 3.13. The topological polar surface area (TPSA) is 79.5 Å². The van der Waals surface area contributed by atoms with Crippen LogP contribution >= 0.6 is 11.8 Å². The van der Waals surface area contributed by atoms with Crippen LogP contribution in [0.25, 0.3) is 5.57 Å². The van der Waals surface area contributed by atoms with Crippen molar-refractivity contribution in [3.8, 4) is 6.07 Å². The zero-order valence-corrected chi connectivity index (χ0v) is 14.4. The van der Waals surface area contributed by atoms with Crippen LogP contribution < -0.4 is 0 Å². The van der Waals surface area contributed by atoms with E-state index in [1.807, 2.05) is 31.2 Å². The molecule has 0 bridgehead atoms. The lowest BCUT2D eigenvalue weighted by molar-refractivity contribution is 0.340. The maximum atomic E-state index is 11.6. The number of nitriles is 1. The quantitative estimate of drug-likeness (QED) is 0.600. The number of hydrogen-bond donors (Lipinski definition) is 0. The Morgan fingerprint density at radius 3 is 2.78 bits per heavy atom. The Morgan fingerprint density at radius 2 is 2.13 bits per heavy atom. The normalized spacial score (nSPS) is 18.0. The molecular formula is C16H16N2O3S2. The van der Waals surface area contributed by atoms with Gasteiger partial charge in [-0.15, -0.1) is 0 Å². The fourth-order valence-corrected chi connectivity index (χ4v) is 3.58. The summed E-state index contributed by atoms with van der Waals surface area (Å²) < 4.78 is 27.9. The second kappa shape index (κ2) is 7.49. The number of hydrogen-bond acceptors (Lipinski definition) is 6. The lowest BCUT2D eigenvalue weighted by atomic mass is 9.97. The minimum absolute atomic E-state index is 0.0934. The number of rotatable bonds is 5. The van der Waals surface area contributed by atoms with Crippen LogP contribution in [0.3, 0.4) is 0 Å². The van der Waals surface area contributed by atoms with Gasteiger partial charge in [0, 0.05) is 5.57 Å². The van der Waals surface area contributed by atoms with E-state index in [4.69, 9.17) is 4.28 Å². The van der Waals surface area contributed by atoms with Crippen LogP contribution in [-0.2, 0) is 14.4 Å². The van der Waals surface area contributed by atoms with Gasteiger partial charge in [0.2, 0.25) is 0 Å². The molecule has 5 nitrogen and oxygen atoms in total. The zero-order valence-electron chi connectivity index (χ0n) is 12.8. The fourth-order valence-electron chi connectivity index (χ4n) is 2.06. The standard InChI is InChI=1S/C16H16N2O3S2/c1-3-10-23(19,20)21-18-16-14(8-9-22-16)15(11-17)13-7-5-4-6-12(13)2/h4-9H,3,10H2,1-2H3/b15-14-,18-16+. The second-order valence-corrected chi connectivity index (χ2v) is 7.44. The number of oxime groups is 1. The van der Waals surface area contributed by atoms with Gasteiger partial charge >= 0.3 is 10.1 Å². The first-order valence-electron chi connectivity index (χ1n) is 7.01. The van der Waals surface area contributed by atoms with Crippen molar-refractivity contribution in [1.29, 1.82) is 5.26 Å². The third-order valence-corrected chi connectivity index (χ3v) is 5.13. The van der Waals surface area contributed by atoms with E-state index in [9.17, 15) is 13.7 Å². The predicted octanol–water partition coefficient (Wildman–Crippen LogP) is 3.60. The summed E-state index contributed by atoms with van der Waals surface area (Å²) in [6, 6.07) is 9.70. The van der Waals surface area contributed by atoms with Crippen molar-refractivity contribution < 1.29 is 12.7 Å². The van der Waals surface area contributed by atoms with E-state index in [2.05, 4.69) is 11.2 Å². The first-order chi connectivity index (χ1) is 11.0. The molecule has 0 fully saturated rings. The lowest BCUT2D eigenvalue weighted by Gasteiger charge is -2.07. The molecule has 120 valence electrons. The molecule has 0 aliphatic carbocycles. The van der Waals surface area contributed by atoms with Crippen molar-refractivity contribution in [3.05, 3.63) is 52.4 Å². The number of aryl methyl sites for hydroxylation is 1. The van der Waals surface area contributed by atoms with Crippen molar-refractivity contribution in [2.45, 2.75) is 20.3 Å². The minimum atomic E-state index is -3.68. The average molecular weight is 348 g/mol. The smallest absolute Gasteiger partial charge is 0.267 e. The molecule has 0 saturated carbocycles. The molecule has 1 aromatic carbocycles. The third kappa shape index (κ3) is 4.24. The van der Waals surface area contributed by atoms with Crippen LogP contribution in [0.1, 0.15) is 24.5 Å². The molecule has 0 N–H and O–H groups in total. The van der Waals surface area contributed by atoms with Gasteiger partial charge in [0.1, 0.15) is 11.1 Å². The molecular weight excluding hydrogens is 332 g/mol. The Labute approximate surface area is 140 Å². The average Bonchev–Trinajstić information content (AvgIpc) is 2.96. The SMILES string of the molecule is CCCS(=O)(=O)O/N=C1/SC=C/C1=C(\C#N)c1ccccc1C. The summed E-state index contributed by atoms with van der Waals surface area (Å²) in [7, 11) is -3.68. The second-order valence-electron chi connectivity index (χ2n) is 4.87. The number of benzene rings is 1. The highest BCUT2D eigenvalue weighted by atomic mass is 32.2. The molecule has 0 aromatic heterocycles. The fraction of sp³-hybridized carbons (Fsp3) is 0.250. The van der Waals surface area contributed by atoms with Gasteiger partial charge in [0.15, 0.2) is 0 Å². The van der Waals surface area contributed by atoms with Gasteiger partial charge in [-0.2, -0.15) is 13.7 Å². The molecule has 0 saturated heterocycles. The van der Waals surface area contributed by atoms with Crippen LogP contribution in [-0.4, -0.2) is 19.2 Å². The van der Waals surface area contributed by atoms with Crippen LogP contribution in [0.2, 0.25) is 0 Å². The van der Waals surface area contributed by atoms with Crippen LogP contribution in [0.4, 0.5) is 0 Å². The summed E-state index contributed by atoms with van der Waals surface area (Å²) in [6.45, 7) is 3.66. The molecule has 0 amide bonds. The Balaban J connectivity index is 2.42. The van der Waals surface area contributed by atoms with Crippen molar-refractivity contribution in [1.82, 2.24) is 0 Å². The van der Waals surface area contributed by atoms with E-state index in [-0.39, 0.29) is 5.75 Å². The molecule has 7 heteroatoms. The Bertz CT molecular complexity index is 831. The summed E-state index contributed by atoms with van der Waals surface area (Å²) in [6.07, 6.45) is 2.19. The molecule has 1 aliphatic rings. The van der Waals surface area contributed by atoms with Gasteiger partial charge in [-0.3, -0.25) is 4.28 Å². The maximum absolute atomic E-state index is 11.6. The van der Waals surface area contributed by atoms with Gasteiger partial charge in [-0.25, -0.2) is 0 Å². The predicted molar refractivity (Wildman–Crippen MR) is 93.0 cm³/mol. The zero-order chi connectivity index (χ0) is 16.9. The number of nitrogens with zero attached hydrogens (tertiary/aromatic N) is 2. The van der Waals surface area contributed by atoms with Crippen molar-refractivity contribution in [2.75, 3.05) is 5.75 Å². The van der Waals surface area contributed by atoms with E-state index < -0.39 is 10.1 Å². The van der Waals surface area contributed by atoms with Crippen molar-refractivity contribution in [2.24, 2.45) is 5.16 Å². The van der Waals surface area contributed by atoms with Crippen molar-refractivity contribution in [3.63, 3.8) is 0 Å².